The van der Waals surface area contributed by atoms with Gasteiger partial charge in [-0.2, -0.15) is 0 Å². The van der Waals surface area contributed by atoms with E-state index in [0.717, 1.165) is 5.56 Å². The molecule has 1 aromatic heterocycles. The maximum Gasteiger partial charge on any atom is 0.354 e. The number of carbonyl (C=O) groups is 2. The maximum absolute atomic E-state index is 11.9. The van der Waals surface area contributed by atoms with Gasteiger partial charge in [-0.1, -0.05) is 19.9 Å². The highest BCUT2D eigenvalue weighted by Gasteiger charge is 2.18. The Morgan fingerprint density at radius 2 is 2.00 bits per heavy atom. The summed E-state index contributed by atoms with van der Waals surface area (Å²) in [5.41, 5.74) is 0.750. The van der Waals surface area contributed by atoms with Crippen LogP contribution < -0.4 is 5.32 Å². The molecular weight excluding hydrogens is 258 g/mol. The molecule has 0 aliphatic rings. The quantitative estimate of drug-likeness (QED) is 0.863. The van der Waals surface area contributed by atoms with Gasteiger partial charge in [0.2, 0.25) is 0 Å². The number of rotatable bonds is 5. The predicted octanol–water partition coefficient (Wildman–Crippen LogP) is 1.97. The molecule has 1 unspecified atom stereocenters. The predicted molar refractivity (Wildman–Crippen MR) is 75.5 cm³/mol. The molecule has 110 valence electrons. The highest BCUT2D eigenvalue weighted by molar-refractivity contribution is 5.85. The van der Waals surface area contributed by atoms with Gasteiger partial charge in [-0.25, -0.2) is 14.6 Å². The van der Waals surface area contributed by atoms with Gasteiger partial charge < -0.3 is 15.3 Å². The third-order valence-corrected chi connectivity index (χ3v) is 3.38. The highest BCUT2D eigenvalue weighted by Crippen LogP contribution is 2.08. The number of aromatic nitrogens is 1. The molecule has 2 amide bonds. The molecule has 0 aliphatic heterocycles. The van der Waals surface area contributed by atoms with Gasteiger partial charge in [0.15, 0.2) is 0 Å². The van der Waals surface area contributed by atoms with Gasteiger partial charge in [0.25, 0.3) is 0 Å². The summed E-state index contributed by atoms with van der Waals surface area (Å²) < 4.78 is 0. The summed E-state index contributed by atoms with van der Waals surface area (Å²) in [7, 11) is 1.76. The molecule has 0 radical (unpaired) electrons. The zero-order valence-electron chi connectivity index (χ0n) is 12.3. The third kappa shape index (κ3) is 4.22. The van der Waals surface area contributed by atoms with Crippen molar-refractivity contribution in [2.24, 2.45) is 5.92 Å². The van der Waals surface area contributed by atoms with Crippen LogP contribution in [0.15, 0.2) is 18.3 Å². The number of urea groups is 1. The van der Waals surface area contributed by atoms with E-state index in [1.165, 1.54) is 12.3 Å². The fourth-order valence-corrected chi connectivity index (χ4v) is 1.59. The minimum absolute atomic E-state index is 0.00868. The summed E-state index contributed by atoms with van der Waals surface area (Å²) in [5, 5.41) is 11.5. The number of amides is 2. The number of carboxylic acids is 1. The van der Waals surface area contributed by atoms with Gasteiger partial charge in [-0.15, -0.1) is 0 Å². The average molecular weight is 279 g/mol. The summed E-state index contributed by atoms with van der Waals surface area (Å²) in [5.74, 6) is -0.687. The zero-order valence-corrected chi connectivity index (χ0v) is 12.3. The highest BCUT2D eigenvalue weighted by atomic mass is 16.4. The first-order valence-corrected chi connectivity index (χ1v) is 6.51. The van der Waals surface area contributed by atoms with Crippen molar-refractivity contribution in [3.63, 3.8) is 0 Å². The lowest BCUT2D eigenvalue weighted by molar-refractivity contribution is 0.0690. The standard InChI is InChI=1S/C14H21N3O3/c1-9(2)10(3)17(4)14(20)16-8-11-5-6-12(13(18)19)15-7-11/h5-7,9-10H,8H2,1-4H3,(H,16,20)(H,18,19). The first-order chi connectivity index (χ1) is 9.32. The second-order valence-corrected chi connectivity index (χ2v) is 5.11. The number of carbonyl (C=O) groups excluding carboxylic acids is 1. The molecule has 1 aromatic rings. The van der Waals surface area contributed by atoms with Crippen LogP contribution in [0.2, 0.25) is 0 Å². The van der Waals surface area contributed by atoms with Crippen molar-refractivity contribution in [1.82, 2.24) is 15.2 Å². The Hall–Kier alpha value is -2.11. The van der Waals surface area contributed by atoms with Crippen LogP contribution in [0.4, 0.5) is 4.79 Å². The molecule has 0 bridgehead atoms. The number of nitrogens with one attached hydrogen (secondary N) is 1. The van der Waals surface area contributed by atoms with E-state index < -0.39 is 5.97 Å². The monoisotopic (exact) mass is 279 g/mol. The van der Waals surface area contributed by atoms with Crippen molar-refractivity contribution in [2.45, 2.75) is 33.4 Å². The normalized spacial score (nSPS) is 12.1. The molecule has 0 saturated heterocycles. The van der Waals surface area contributed by atoms with Crippen molar-refractivity contribution in [2.75, 3.05) is 7.05 Å². The van der Waals surface area contributed by atoms with Crippen molar-refractivity contribution in [3.05, 3.63) is 29.6 Å². The van der Waals surface area contributed by atoms with Gasteiger partial charge in [0.05, 0.1) is 0 Å². The molecule has 0 aliphatic carbocycles. The van der Waals surface area contributed by atoms with Crippen molar-refractivity contribution < 1.29 is 14.7 Å². The number of nitrogens with zero attached hydrogens (tertiary/aromatic N) is 2. The minimum atomic E-state index is -1.06. The number of pyridine rings is 1. The fraction of sp³-hybridized carbons (Fsp3) is 0.500. The molecule has 20 heavy (non-hydrogen) atoms. The largest absolute Gasteiger partial charge is 0.477 e. The van der Waals surface area contributed by atoms with Crippen molar-refractivity contribution >= 4 is 12.0 Å². The molecule has 0 aromatic carbocycles. The topological polar surface area (TPSA) is 82.5 Å². The Bertz CT molecular complexity index is 471. The Labute approximate surface area is 118 Å². The van der Waals surface area contributed by atoms with Gasteiger partial charge in [-0.3, -0.25) is 0 Å². The lowest BCUT2D eigenvalue weighted by Gasteiger charge is -2.28. The summed E-state index contributed by atoms with van der Waals surface area (Å²) in [6.45, 7) is 6.43. The molecule has 6 nitrogen and oxygen atoms in total. The first kappa shape index (κ1) is 15.9. The summed E-state index contributed by atoms with van der Waals surface area (Å²) in [6.07, 6.45) is 1.45. The number of carboxylic acid groups (broad SMARTS) is 1. The molecule has 1 heterocycles. The van der Waals surface area contributed by atoms with Gasteiger partial charge >= 0.3 is 12.0 Å². The number of hydrogen-bond acceptors (Lipinski definition) is 3. The summed E-state index contributed by atoms with van der Waals surface area (Å²) >= 11 is 0. The molecule has 0 spiro atoms. The molecular formula is C14H21N3O3. The van der Waals surface area contributed by atoms with Crippen LogP contribution in [0.3, 0.4) is 0 Å². The van der Waals surface area contributed by atoms with Crippen LogP contribution in [-0.4, -0.2) is 40.1 Å². The molecule has 0 fully saturated rings. The Balaban J connectivity index is 2.54. The van der Waals surface area contributed by atoms with Crippen LogP contribution in [0.5, 0.6) is 0 Å². The Morgan fingerprint density at radius 1 is 1.35 bits per heavy atom. The zero-order chi connectivity index (χ0) is 15.3. The number of hydrogen-bond donors (Lipinski definition) is 2. The molecule has 1 rings (SSSR count). The lowest BCUT2D eigenvalue weighted by atomic mass is 10.1. The molecule has 6 heteroatoms. The summed E-state index contributed by atoms with van der Waals surface area (Å²) in [4.78, 5) is 28.1. The minimum Gasteiger partial charge on any atom is -0.477 e. The summed E-state index contributed by atoms with van der Waals surface area (Å²) in [6, 6.07) is 3.04. The maximum atomic E-state index is 11.9. The lowest BCUT2D eigenvalue weighted by Crippen LogP contribution is -2.44. The van der Waals surface area contributed by atoms with E-state index >= 15 is 0 Å². The molecule has 0 saturated carbocycles. The molecule has 1 atom stereocenters. The molecule has 2 N–H and O–H groups in total. The van der Waals surface area contributed by atoms with Crippen LogP contribution in [-0.2, 0) is 6.54 Å². The van der Waals surface area contributed by atoms with E-state index in [9.17, 15) is 9.59 Å². The second kappa shape index (κ2) is 6.88. The van der Waals surface area contributed by atoms with Crippen LogP contribution >= 0.6 is 0 Å². The van der Waals surface area contributed by atoms with Crippen LogP contribution in [0.1, 0.15) is 36.8 Å². The second-order valence-electron chi connectivity index (χ2n) is 5.11. The van der Waals surface area contributed by atoms with E-state index in [-0.39, 0.29) is 17.8 Å². The first-order valence-electron chi connectivity index (χ1n) is 6.51. The third-order valence-electron chi connectivity index (χ3n) is 3.38. The number of aromatic carboxylic acids is 1. The van der Waals surface area contributed by atoms with E-state index in [2.05, 4.69) is 24.1 Å². The van der Waals surface area contributed by atoms with E-state index in [1.807, 2.05) is 6.92 Å². The van der Waals surface area contributed by atoms with E-state index in [4.69, 9.17) is 5.11 Å². The smallest absolute Gasteiger partial charge is 0.354 e. The van der Waals surface area contributed by atoms with Crippen LogP contribution in [0.25, 0.3) is 0 Å². The van der Waals surface area contributed by atoms with Gasteiger partial charge in [-0.05, 0) is 24.5 Å². The van der Waals surface area contributed by atoms with Crippen LogP contribution in [0, 0.1) is 5.92 Å². The van der Waals surface area contributed by atoms with Gasteiger partial charge in [0, 0.05) is 25.8 Å². The Kier molecular flexibility index (Phi) is 5.49. The average Bonchev–Trinajstić information content (AvgIpc) is 2.43. The fourth-order valence-electron chi connectivity index (χ4n) is 1.59. The SMILES string of the molecule is CC(C)C(C)N(C)C(=O)NCc1ccc(C(=O)O)nc1. The Morgan fingerprint density at radius 3 is 2.45 bits per heavy atom. The van der Waals surface area contributed by atoms with Gasteiger partial charge in [0.1, 0.15) is 5.69 Å². The van der Waals surface area contributed by atoms with Crippen molar-refractivity contribution in [3.8, 4) is 0 Å². The van der Waals surface area contributed by atoms with E-state index in [0.29, 0.717) is 12.5 Å². The van der Waals surface area contributed by atoms with E-state index in [1.54, 1.807) is 18.0 Å². The van der Waals surface area contributed by atoms with Crippen molar-refractivity contribution in [1.29, 1.82) is 0 Å².